The van der Waals surface area contributed by atoms with E-state index in [-0.39, 0.29) is 65.5 Å². The van der Waals surface area contributed by atoms with Gasteiger partial charge in [0.1, 0.15) is 23.9 Å². The number of carbonyl (C=O) groups is 1. The lowest BCUT2D eigenvalue weighted by Gasteiger charge is -2.38. The van der Waals surface area contributed by atoms with E-state index in [9.17, 15) is 35.1 Å². The Morgan fingerprint density at radius 3 is 2.32 bits per heavy atom. The molecular formula is C44H45N7O9. The Hall–Kier alpha value is -6.49. The van der Waals surface area contributed by atoms with E-state index in [4.69, 9.17) is 14.5 Å². The van der Waals surface area contributed by atoms with Crippen molar-refractivity contribution in [1.82, 2.24) is 29.2 Å². The van der Waals surface area contributed by atoms with Gasteiger partial charge in [-0.2, -0.15) is 0 Å². The molecule has 310 valence electrons. The van der Waals surface area contributed by atoms with Crippen LogP contribution < -0.4 is 15.2 Å². The molecule has 0 aliphatic carbocycles. The Balaban J connectivity index is 0.895. The van der Waals surface area contributed by atoms with Gasteiger partial charge in [0.15, 0.2) is 11.4 Å². The number of hydrogen-bond donors (Lipinski definition) is 5. The van der Waals surface area contributed by atoms with E-state index in [0.717, 1.165) is 22.2 Å². The third kappa shape index (κ3) is 6.21. The summed E-state index contributed by atoms with van der Waals surface area (Å²) in [5, 5.41) is 63.0. The summed E-state index contributed by atoms with van der Waals surface area (Å²) >= 11 is 0. The summed E-state index contributed by atoms with van der Waals surface area (Å²) in [6.45, 7) is 9.90. The van der Waals surface area contributed by atoms with Crippen LogP contribution in [0.15, 0.2) is 65.5 Å². The van der Waals surface area contributed by atoms with Crippen LogP contribution in [0, 0.1) is 0 Å². The smallest absolute Gasteiger partial charge is 0.343 e. The van der Waals surface area contributed by atoms with Crippen LogP contribution >= 0.6 is 0 Å². The number of aromatic nitrogens is 5. The topological polar surface area (TPSA) is 209 Å². The van der Waals surface area contributed by atoms with E-state index in [1.807, 2.05) is 62.1 Å². The zero-order valence-electron chi connectivity index (χ0n) is 33.6. The van der Waals surface area contributed by atoms with Crippen LogP contribution in [0.5, 0.6) is 23.3 Å². The Kier molecular flexibility index (Phi) is 9.52. The van der Waals surface area contributed by atoms with Gasteiger partial charge in [-0.25, -0.2) is 19.2 Å². The highest BCUT2D eigenvalue weighted by atomic mass is 16.6. The van der Waals surface area contributed by atoms with Gasteiger partial charge in [0.25, 0.3) is 12.0 Å². The summed E-state index contributed by atoms with van der Waals surface area (Å²) in [4.78, 5) is 35.3. The second-order valence-electron chi connectivity index (χ2n) is 15.8. The van der Waals surface area contributed by atoms with Crippen molar-refractivity contribution >= 4 is 22.6 Å². The van der Waals surface area contributed by atoms with Crippen molar-refractivity contribution < 1.29 is 39.8 Å². The minimum atomic E-state index is -1.90. The van der Waals surface area contributed by atoms with Crippen LogP contribution in [0.4, 0.5) is 5.69 Å². The van der Waals surface area contributed by atoms with Gasteiger partial charge in [-0.15, -0.1) is 5.10 Å². The van der Waals surface area contributed by atoms with E-state index in [2.05, 4.69) is 15.1 Å². The van der Waals surface area contributed by atoms with Crippen molar-refractivity contribution in [1.29, 1.82) is 0 Å². The number of fused-ring (bicyclic) bond motifs is 5. The Labute approximate surface area is 344 Å². The van der Waals surface area contributed by atoms with Gasteiger partial charge in [0, 0.05) is 54.4 Å². The van der Waals surface area contributed by atoms with Crippen molar-refractivity contribution in [3.63, 3.8) is 0 Å². The molecule has 9 rings (SSSR count). The largest absolute Gasteiger partial charge is 0.508 e. The zero-order valence-corrected chi connectivity index (χ0v) is 33.6. The number of phenolic OH excluding ortho intramolecular Hbond substituents is 2. The maximum atomic E-state index is 13.7. The lowest BCUT2D eigenvalue weighted by molar-refractivity contribution is -0.172. The average molecular weight is 816 g/mol. The molecule has 1 saturated heterocycles. The second kappa shape index (κ2) is 14.7. The molecule has 5 N–H and O–H groups in total. The fourth-order valence-electron chi connectivity index (χ4n) is 8.75. The van der Waals surface area contributed by atoms with Gasteiger partial charge >= 0.3 is 12.0 Å². The van der Waals surface area contributed by atoms with Crippen LogP contribution in [0.1, 0.15) is 67.9 Å². The van der Waals surface area contributed by atoms with E-state index in [1.165, 1.54) is 10.6 Å². The van der Waals surface area contributed by atoms with Crippen LogP contribution in [0.3, 0.4) is 0 Å². The highest BCUT2D eigenvalue weighted by molar-refractivity contribution is 5.90. The van der Waals surface area contributed by atoms with Crippen molar-refractivity contribution in [3.8, 4) is 51.7 Å². The second-order valence-corrected chi connectivity index (χ2v) is 15.8. The molecule has 3 aromatic carbocycles. The number of aryl methyl sites for hydroxylation is 1. The maximum absolute atomic E-state index is 13.7. The molecule has 0 saturated carbocycles. The number of rotatable bonds is 9. The molecule has 16 heteroatoms. The number of cyclic esters (lactones) is 1. The fourth-order valence-corrected chi connectivity index (χ4v) is 8.75. The molecule has 2 atom stereocenters. The van der Waals surface area contributed by atoms with Crippen molar-refractivity contribution in [2.45, 2.75) is 71.6 Å². The number of aromatic hydroxyl groups is 3. The van der Waals surface area contributed by atoms with Crippen LogP contribution in [0.25, 0.3) is 39.4 Å². The standard InChI is InChI=1S/C44H45N7O9/c1-5-27-29-17-26(11-12-34(29)45-38-31(27)21-50-35(38)19-33-32(40(50)54)22-59-41(55)44(33,58)6-2)60-43(57)49-15-13-48(14-16-49)24-7-9-25(10-8-24)51-39(46-47-42(51)56)30-18-28(23(3)4)36(52)20-37(30)53/h7-12,17-20,23,43,52-53,57-58H,5-6,13-16,21-22H2,1-4H3,(H,47,56). The number of carbonyl (C=O) groups excluding carboxylic acids is 1. The highest BCUT2D eigenvalue weighted by Gasteiger charge is 2.45. The number of esters is 1. The monoisotopic (exact) mass is 815 g/mol. The predicted octanol–water partition coefficient (Wildman–Crippen LogP) is 4.61. The molecule has 0 bridgehead atoms. The number of nitrogens with zero attached hydrogens (tertiary/aromatic N) is 7. The Bertz CT molecular complexity index is 2760. The van der Waals surface area contributed by atoms with Gasteiger partial charge in [-0.05, 0) is 84.5 Å². The van der Waals surface area contributed by atoms with Crippen molar-refractivity contribution in [2.24, 2.45) is 0 Å². The van der Waals surface area contributed by atoms with E-state index in [0.29, 0.717) is 72.1 Å². The number of benzene rings is 3. The minimum Gasteiger partial charge on any atom is -0.508 e. The number of hydrogen-bond acceptors (Lipinski definition) is 14. The number of phenols is 2. The summed E-state index contributed by atoms with van der Waals surface area (Å²) in [5.74, 6) is -0.306. The highest BCUT2D eigenvalue weighted by Crippen LogP contribution is 2.42. The molecule has 0 radical (unpaired) electrons. The molecule has 16 nitrogen and oxygen atoms in total. The van der Waals surface area contributed by atoms with Crippen LogP contribution in [-0.4, -0.2) is 93.3 Å². The van der Waals surface area contributed by atoms with Crippen molar-refractivity contribution in [2.75, 3.05) is 31.1 Å². The van der Waals surface area contributed by atoms with Crippen LogP contribution in [0.2, 0.25) is 0 Å². The van der Waals surface area contributed by atoms with Gasteiger partial charge in [0.05, 0.1) is 40.3 Å². The first kappa shape index (κ1) is 39.0. The fraction of sp³-hybridized carbons (Fsp3) is 0.341. The zero-order chi connectivity index (χ0) is 42.2. The first-order chi connectivity index (χ1) is 28.8. The molecule has 3 aliphatic heterocycles. The summed E-state index contributed by atoms with van der Waals surface area (Å²) in [7, 11) is 0. The number of aliphatic hydroxyl groups excluding tert-OH is 1. The van der Waals surface area contributed by atoms with E-state index in [1.54, 1.807) is 29.7 Å². The summed E-state index contributed by atoms with van der Waals surface area (Å²) in [5.41, 5.74) is 4.53. The molecule has 3 aromatic heterocycles. The first-order valence-electron chi connectivity index (χ1n) is 20.1. The molecular weight excluding hydrogens is 771 g/mol. The molecule has 3 aliphatic rings. The minimum absolute atomic E-state index is 0.0198. The lowest BCUT2D eigenvalue weighted by Crippen LogP contribution is -2.52. The van der Waals surface area contributed by atoms with Gasteiger partial charge in [0.2, 0.25) is 0 Å². The molecule has 0 spiro atoms. The number of anilines is 1. The SMILES string of the molecule is CCc1c2c(nc3ccc(OC(O)N4CCN(c5ccc(-n6c(O)nnc6-c6cc(C(C)C)c(O)cc6O)cc5)CC4)cc13)-c1cc3c(c(=O)n1C2)COC(=O)C3(O)CC. The Morgan fingerprint density at radius 1 is 0.883 bits per heavy atom. The third-order valence-corrected chi connectivity index (χ3v) is 12.1. The number of aliphatic hydroxyl groups is 2. The number of ether oxygens (including phenoxy) is 2. The van der Waals surface area contributed by atoms with E-state index >= 15 is 0 Å². The molecule has 6 aromatic rings. The van der Waals surface area contributed by atoms with E-state index < -0.39 is 18.0 Å². The summed E-state index contributed by atoms with van der Waals surface area (Å²) < 4.78 is 14.4. The molecule has 2 unspecified atom stereocenters. The maximum Gasteiger partial charge on any atom is 0.343 e. The molecule has 0 amide bonds. The third-order valence-electron chi connectivity index (χ3n) is 12.1. The van der Waals surface area contributed by atoms with Gasteiger partial charge < -0.3 is 44.5 Å². The normalized spacial score (nSPS) is 18.1. The average Bonchev–Trinajstić information content (AvgIpc) is 3.81. The number of piperazine rings is 1. The van der Waals surface area contributed by atoms with Crippen molar-refractivity contribution in [3.05, 3.63) is 98.8 Å². The molecule has 1 fully saturated rings. The molecule has 60 heavy (non-hydrogen) atoms. The molecule has 6 heterocycles. The quantitative estimate of drug-likeness (QED) is 0.0997. The summed E-state index contributed by atoms with van der Waals surface area (Å²) in [6, 6.07) is 17.2. The number of pyridine rings is 2. The lowest BCUT2D eigenvalue weighted by atomic mass is 9.86. The van der Waals surface area contributed by atoms with Crippen LogP contribution in [-0.2, 0) is 34.7 Å². The van der Waals surface area contributed by atoms with Gasteiger partial charge in [-0.1, -0.05) is 32.8 Å². The predicted molar refractivity (Wildman–Crippen MR) is 220 cm³/mol. The Morgan fingerprint density at radius 2 is 1.62 bits per heavy atom. The first-order valence-corrected chi connectivity index (χ1v) is 20.1. The van der Waals surface area contributed by atoms with Gasteiger partial charge in [-0.3, -0.25) is 4.79 Å². The summed E-state index contributed by atoms with van der Waals surface area (Å²) in [6.07, 6.45) is -0.504.